The number of benzene rings is 1. The number of carboxylic acid groups (broad SMARTS) is 1. The van der Waals surface area contributed by atoms with Crippen molar-refractivity contribution in [3.63, 3.8) is 0 Å². The molecule has 1 aromatic carbocycles. The summed E-state index contributed by atoms with van der Waals surface area (Å²) >= 11 is 11.8. The number of halogens is 2. The van der Waals surface area contributed by atoms with Crippen LogP contribution in [-0.4, -0.2) is 48.4 Å². The molecule has 7 heteroatoms. The fourth-order valence-corrected chi connectivity index (χ4v) is 2.60. The van der Waals surface area contributed by atoms with Crippen LogP contribution in [0.15, 0.2) is 18.2 Å². The van der Waals surface area contributed by atoms with Crippen molar-refractivity contribution in [2.24, 2.45) is 0 Å². The second-order valence-corrected chi connectivity index (χ2v) is 5.78. The Balaban J connectivity index is 1.73. The van der Waals surface area contributed by atoms with Crippen molar-refractivity contribution in [1.82, 2.24) is 10.2 Å². The van der Waals surface area contributed by atoms with Gasteiger partial charge in [0.25, 0.3) is 0 Å². The van der Waals surface area contributed by atoms with Gasteiger partial charge in [-0.15, -0.1) is 0 Å². The van der Waals surface area contributed by atoms with Crippen LogP contribution in [0.5, 0.6) is 5.75 Å². The second kappa shape index (κ2) is 7.73. The molecule has 0 atom stereocenters. The van der Waals surface area contributed by atoms with Crippen LogP contribution in [0, 0.1) is 0 Å². The third-order valence-electron chi connectivity index (χ3n) is 3.43. The highest BCUT2D eigenvalue weighted by molar-refractivity contribution is 6.42. The molecule has 0 radical (unpaired) electrons. The van der Waals surface area contributed by atoms with Crippen LogP contribution in [0.4, 0.5) is 4.79 Å². The molecule has 5 nitrogen and oxygen atoms in total. The highest BCUT2D eigenvalue weighted by Gasteiger charge is 2.20. The number of ether oxygens (including phenoxy) is 1. The number of carbonyl (C=O) groups is 1. The molecule has 0 unspecified atom stereocenters. The molecule has 1 aromatic rings. The van der Waals surface area contributed by atoms with Crippen LogP contribution in [-0.2, 0) is 0 Å². The Morgan fingerprint density at radius 1 is 1.33 bits per heavy atom. The third-order valence-corrected chi connectivity index (χ3v) is 4.17. The zero-order valence-corrected chi connectivity index (χ0v) is 13.0. The number of nitrogens with zero attached hydrogens (tertiary/aromatic N) is 1. The summed E-state index contributed by atoms with van der Waals surface area (Å²) < 4.78 is 5.90. The Bertz CT molecular complexity index is 491. The summed E-state index contributed by atoms with van der Waals surface area (Å²) in [5.41, 5.74) is 0. The minimum Gasteiger partial charge on any atom is -0.490 e. The zero-order chi connectivity index (χ0) is 15.2. The van der Waals surface area contributed by atoms with Crippen molar-refractivity contribution in [2.75, 3.05) is 26.2 Å². The van der Waals surface area contributed by atoms with Gasteiger partial charge in [-0.05, 0) is 25.0 Å². The first-order valence-electron chi connectivity index (χ1n) is 6.85. The first kappa shape index (κ1) is 16.2. The average molecular weight is 333 g/mol. The van der Waals surface area contributed by atoms with Crippen molar-refractivity contribution in [2.45, 2.75) is 18.9 Å². The van der Waals surface area contributed by atoms with E-state index in [0.29, 0.717) is 16.6 Å². The minimum absolute atomic E-state index is 0.158. The maximum atomic E-state index is 10.4. The van der Waals surface area contributed by atoms with E-state index in [4.69, 9.17) is 33.0 Å². The SMILES string of the molecule is O=C(O)NCCN1CCC(Oc2ccc(Cl)c(Cl)c2)CC1. The van der Waals surface area contributed by atoms with Crippen LogP contribution in [0.3, 0.4) is 0 Å². The lowest BCUT2D eigenvalue weighted by atomic mass is 10.1. The Morgan fingerprint density at radius 2 is 2.05 bits per heavy atom. The molecule has 0 saturated carbocycles. The number of hydrogen-bond donors (Lipinski definition) is 2. The number of rotatable bonds is 5. The average Bonchev–Trinajstić information content (AvgIpc) is 2.44. The highest BCUT2D eigenvalue weighted by Crippen LogP contribution is 2.28. The van der Waals surface area contributed by atoms with Crippen molar-refractivity contribution >= 4 is 29.3 Å². The Morgan fingerprint density at radius 3 is 2.67 bits per heavy atom. The summed E-state index contributed by atoms with van der Waals surface area (Å²) in [6, 6.07) is 5.27. The summed E-state index contributed by atoms with van der Waals surface area (Å²) in [6.45, 7) is 2.97. The van der Waals surface area contributed by atoms with Gasteiger partial charge in [0.2, 0.25) is 0 Å². The first-order valence-corrected chi connectivity index (χ1v) is 7.61. The standard InChI is InChI=1S/C14H18Cl2N2O3/c15-12-2-1-11(9-13(12)16)21-10-3-6-18(7-4-10)8-5-17-14(19)20/h1-2,9-10,17H,3-8H2,(H,19,20). The molecule has 1 fully saturated rings. The fourth-order valence-electron chi connectivity index (χ4n) is 2.31. The molecule has 0 bridgehead atoms. The van der Waals surface area contributed by atoms with E-state index in [1.807, 2.05) is 6.07 Å². The van der Waals surface area contributed by atoms with Gasteiger partial charge >= 0.3 is 6.09 Å². The molecule has 1 aliphatic heterocycles. The van der Waals surface area contributed by atoms with Crippen molar-refractivity contribution in [3.05, 3.63) is 28.2 Å². The van der Waals surface area contributed by atoms with Gasteiger partial charge in [-0.1, -0.05) is 23.2 Å². The topological polar surface area (TPSA) is 61.8 Å². The molecule has 2 N–H and O–H groups in total. The van der Waals surface area contributed by atoms with Gasteiger partial charge in [0.15, 0.2) is 0 Å². The van der Waals surface area contributed by atoms with Crippen molar-refractivity contribution < 1.29 is 14.6 Å². The van der Waals surface area contributed by atoms with Gasteiger partial charge in [0.05, 0.1) is 10.0 Å². The maximum absolute atomic E-state index is 10.4. The van der Waals surface area contributed by atoms with Gasteiger partial charge in [-0.2, -0.15) is 0 Å². The van der Waals surface area contributed by atoms with E-state index in [9.17, 15) is 4.79 Å². The van der Waals surface area contributed by atoms with E-state index in [1.54, 1.807) is 12.1 Å². The molecule has 1 aliphatic rings. The lowest BCUT2D eigenvalue weighted by Crippen LogP contribution is -2.42. The molecule has 0 aliphatic carbocycles. The zero-order valence-electron chi connectivity index (χ0n) is 11.5. The lowest BCUT2D eigenvalue weighted by molar-refractivity contribution is 0.101. The van der Waals surface area contributed by atoms with Crippen LogP contribution >= 0.6 is 23.2 Å². The second-order valence-electron chi connectivity index (χ2n) is 4.97. The lowest BCUT2D eigenvalue weighted by Gasteiger charge is -2.32. The molecule has 2 rings (SSSR count). The first-order chi connectivity index (χ1) is 10.0. The summed E-state index contributed by atoms with van der Waals surface area (Å²) in [5, 5.41) is 11.9. The van der Waals surface area contributed by atoms with Crippen molar-refractivity contribution in [3.8, 4) is 5.75 Å². The quantitative estimate of drug-likeness (QED) is 0.869. The summed E-state index contributed by atoms with van der Waals surface area (Å²) in [7, 11) is 0. The van der Waals surface area contributed by atoms with Gasteiger partial charge in [0.1, 0.15) is 11.9 Å². The van der Waals surface area contributed by atoms with Gasteiger partial charge in [0, 0.05) is 32.2 Å². The Hall–Kier alpha value is -1.17. The van der Waals surface area contributed by atoms with Crippen LogP contribution in [0.25, 0.3) is 0 Å². The molecule has 21 heavy (non-hydrogen) atoms. The normalized spacial score (nSPS) is 16.7. The number of hydrogen-bond acceptors (Lipinski definition) is 3. The molecule has 1 amide bonds. The molecule has 0 aromatic heterocycles. The maximum Gasteiger partial charge on any atom is 0.404 e. The van der Waals surface area contributed by atoms with E-state index in [2.05, 4.69) is 10.2 Å². The smallest absolute Gasteiger partial charge is 0.404 e. The van der Waals surface area contributed by atoms with Crippen molar-refractivity contribution in [1.29, 1.82) is 0 Å². The van der Waals surface area contributed by atoms with Gasteiger partial charge in [-0.3, -0.25) is 0 Å². The molecule has 1 saturated heterocycles. The molecular weight excluding hydrogens is 315 g/mol. The summed E-state index contributed by atoms with van der Waals surface area (Å²) in [4.78, 5) is 12.6. The summed E-state index contributed by atoms with van der Waals surface area (Å²) in [5.74, 6) is 0.732. The number of likely N-dealkylation sites (tertiary alicyclic amines) is 1. The van der Waals surface area contributed by atoms with Crippen LogP contribution in [0.2, 0.25) is 10.0 Å². The molecular formula is C14H18Cl2N2O3. The van der Waals surface area contributed by atoms with E-state index in [0.717, 1.165) is 38.2 Å². The summed E-state index contributed by atoms with van der Waals surface area (Å²) in [6.07, 6.45) is 0.999. The largest absolute Gasteiger partial charge is 0.490 e. The predicted molar refractivity (Wildman–Crippen MR) is 82.6 cm³/mol. The number of amides is 1. The number of piperidine rings is 1. The van der Waals surface area contributed by atoms with Gasteiger partial charge < -0.3 is 20.1 Å². The Labute approximate surface area is 133 Å². The minimum atomic E-state index is -0.979. The van der Waals surface area contributed by atoms with E-state index < -0.39 is 6.09 Å². The van der Waals surface area contributed by atoms with E-state index in [1.165, 1.54) is 0 Å². The Kier molecular flexibility index (Phi) is 5.96. The van der Waals surface area contributed by atoms with Gasteiger partial charge in [-0.25, -0.2) is 4.79 Å². The van der Waals surface area contributed by atoms with E-state index >= 15 is 0 Å². The fraction of sp³-hybridized carbons (Fsp3) is 0.500. The number of nitrogens with one attached hydrogen (secondary N) is 1. The molecule has 1 heterocycles. The van der Waals surface area contributed by atoms with Crippen LogP contribution in [0.1, 0.15) is 12.8 Å². The van der Waals surface area contributed by atoms with E-state index in [-0.39, 0.29) is 6.10 Å². The highest BCUT2D eigenvalue weighted by atomic mass is 35.5. The molecule has 116 valence electrons. The van der Waals surface area contributed by atoms with Crippen LogP contribution < -0.4 is 10.1 Å². The monoisotopic (exact) mass is 332 g/mol. The predicted octanol–water partition coefficient (Wildman–Crippen LogP) is 3.10. The molecule has 0 spiro atoms. The third kappa shape index (κ3) is 5.26.